The second-order valence-corrected chi connectivity index (χ2v) is 11.3. The number of likely N-dealkylation sites (tertiary alicyclic amines) is 1. The van der Waals surface area contributed by atoms with E-state index in [4.69, 9.17) is 4.74 Å². The van der Waals surface area contributed by atoms with Crippen LogP contribution in [0.1, 0.15) is 60.7 Å². The van der Waals surface area contributed by atoms with Crippen LogP contribution in [0.4, 0.5) is 10.1 Å². The molecule has 0 radical (unpaired) electrons. The standard InChI is InChI=1S/C31H35FN2O2/c1-30(2,3)24-10-8-23(9-11-24)29(35)34-21-31(27-19-25(32)12-13-28(27)34)14-16-33(17-15-31)20-22-6-5-7-26(18-22)36-4/h5-13,18-19H,14-17,20-21H2,1-4H3. The van der Waals surface area contributed by atoms with Crippen molar-refractivity contribution in [3.8, 4) is 5.75 Å². The van der Waals surface area contributed by atoms with Gasteiger partial charge in [0.15, 0.2) is 0 Å². The van der Waals surface area contributed by atoms with E-state index in [9.17, 15) is 9.18 Å². The molecule has 0 atom stereocenters. The van der Waals surface area contributed by atoms with Gasteiger partial charge in [-0.2, -0.15) is 0 Å². The minimum atomic E-state index is -0.240. The highest BCUT2D eigenvalue weighted by atomic mass is 19.1. The second kappa shape index (κ2) is 9.36. The van der Waals surface area contributed by atoms with Gasteiger partial charge in [-0.25, -0.2) is 4.39 Å². The quantitative estimate of drug-likeness (QED) is 0.432. The first-order chi connectivity index (χ1) is 17.2. The molecule has 0 aliphatic carbocycles. The summed E-state index contributed by atoms with van der Waals surface area (Å²) in [6.45, 7) is 9.74. The number of fused-ring (bicyclic) bond motifs is 2. The highest BCUT2D eigenvalue weighted by molar-refractivity contribution is 6.07. The first kappa shape index (κ1) is 24.5. The minimum Gasteiger partial charge on any atom is -0.497 e. The van der Waals surface area contributed by atoms with Crippen molar-refractivity contribution < 1.29 is 13.9 Å². The zero-order valence-electron chi connectivity index (χ0n) is 21.7. The number of methoxy groups -OCH3 is 1. The van der Waals surface area contributed by atoms with Gasteiger partial charge < -0.3 is 9.64 Å². The first-order valence-corrected chi connectivity index (χ1v) is 12.8. The third kappa shape index (κ3) is 4.64. The molecular weight excluding hydrogens is 451 g/mol. The molecule has 1 amide bonds. The molecule has 1 saturated heterocycles. The predicted molar refractivity (Wildman–Crippen MR) is 142 cm³/mol. The van der Waals surface area contributed by atoms with E-state index in [1.165, 1.54) is 17.2 Å². The molecule has 5 heteroatoms. The number of benzene rings is 3. The number of nitrogens with zero attached hydrogens (tertiary/aromatic N) is 2. The molecule has 0 unspecified atom stereocenters. The van der Waals surface area contributed by atoms with E-state index in [-0.39, 0.29) is 22.6 Å². The summed E-state index contributed by atoms with van der Waals surface area (Å²) in [6, 6.07) is 21.0. The molecule has 188 valence electrons. The van der Waals surface area contributed by atoms with E-state index >= 15 is 0 Å². The Morgan fingerprint density at radius 3 is 2.39 bits per heavy atom. The van der Waals surface area contributed by atoms with Crippen LogP contribution in [0.2, 0.25) is 0 Å². The molecule has 3 aromatic carbocycles. The van der Waals surface area contributed by atoms with Gasteiger partial charge in [-0.05, 0) is 90.5 Å². The predicted octanol–water partition coefficient (Wildman–Crippen LogP) is 6.33. The third-order valence-electron chi connectivity index (χ3n) is 7.88. The number of carbonyl (C=O) groups is 1. The number of halogens is 1. The Morgan fingerprint density at radius 2 is 1.72 bits per heavy atom. The number of hydrogen-bond donors (Lipinski definition) is 0. The Kier molecular flexibility index (Phi) is 6.37. The van der Waals surface area contributed by atoms with E-state index in [2.05, 4.69) is 37.8 Å². The number of carbonyl (C=O) groups excluding carboxylic acids is 1. The Labute approximate surface area is 213 Å². The fourth-order valence-electron chi connectivity index (χ4n) is 5.69. The molecule has 0 bridgehead atoms. The lowest BCUT2D eigenvalue weighted by molar-refractivity contribution is 0.0975. The summed E-state index contributed by atoms with van der Waals surface area (Å²) in [5.74, 6) is 0.612. The summed E-state index contributed by atoms with van der Waals surface area (Å²) < 4.78 is 19.8. The molecule has 5 rings (SSSR count). The SMILES string of the molecule is COc1cccc(CN2CCC3(CC2)CN(C(=O)c2ccc(C(C)(C)C)cc2)c2ccc(F)cc23)c1. The van der Waals surface area contributed by atoms with Crippen LogP contribution < -0.4 is 9.64 Å². The third-order valence-corrected chi connectivity index (χ3v) is 7.88. The summed E-state index contributed by atoms with van der Waals surface area (Å²) in [6.07, 6.45) is 1.78. The van der Waals surface area contributed by atoms with Crippen molar-refractivity contribution in [2.45, 2.75) is 51.0 Å². The number of anilines is 1. The van der Waals surface area contributed by atoms with Crippen molar-refractivity contribution in [1.29, 1.82) is 0 Å². The highest BCUT2D eigenvalue weighted by Crippen LogP contribution is 2.48. The van der Waals surface area contributed by atoms with Crippen molar-refractivity contribution in [2.24, 2.45) is 0 Å². The van der Waals surface area contributed by atoms with Crippen LogP contribution in [0.15, 0.2) is 66.7 Å². The number of rotatable bonds is 4. The highest BCUT2D eigenvalue weighted by Gasteiger charge is 2.46. The molecule has 2 aliphatic rings. The van der Waals surface area contributed by atoms with E-state index in [0.29, 0.717) is 12.1 Å². The van der Waals surface area contributed by atoms with E-state index in [1.54, 1.807) is 19.2 Å². The molecule has 2 aliphatic heterocycles. The fraction of sp³-hybridized carbons (Fsp3) is 0.387. The fourth-order valence-corrected chi connectivity index (χ4v) is 5.69. The molecule has 1 fully saturated rings. The lowest BCUT2D eigenvalue weighted by atomic mass is 9.74. The lowest BCUT2D eigenvalue weighted by Crippen LogP contribution is -2.45. The minimum absolute atomic E-state index is 0.0148. The monoisotopic (exact) mass is 486 g/mol. The van der Waals surface area contributed by atoms with Crippen LogP contribution in [0.5, 0.6) is 5.75 Å². The summed E-state index contributed by atoms with van der Waals surface area (Å²) >= 11 is 0. The first-order valence-electron chi connectivity index (χ1n) is 12.8. The Bertz CT molecular complexity index is 1250. The van der Waals surface area contributed by atoms with Crippen LogP contribution in [0.25, 0.3) is 0 Å². The molecule has 3 aromatic rings. The number of amides is 1. The molecule has 4 nitrogen and oxygen atoms in total. The maximum atomic E-state index is 14.4. The van der Waals surface area contributed by atoms with Crippen LogP contribution >= 0.6 is 0 Å². The second-order valence-electron chi connectivity index (χ2n) is 11.3. The van der Waals surface area contributed by atoms with E-state index < -0.39 is 0 Å². The van der Waals surface area contributed by atoms with Gasteiger partial charge in [0.1, 0.15) is 11.6 Å². The average molecular weight is 487 g/mol. The van der Waals surface area contributed by atoms with Gasteiger partial charge in [0.25, 0.3) is 5.91 Å². The van der Waals surface area contributed by atoms with E-state index in [1.807, 2.05) is 41.3 Å². The van der Waals surface area contributed by atoms with Crippen LogP contribution in [0, 0.1) is 5.82 Å². The number of piperidine rings is 1. The summed E-state index contributed by atoms with van der Waals surface area (Å²) in [4.78, 5) is 18.0. The average Bonchev–Trinajstić information content (AvgIpc) is 3.18. The van der Waals surface area contributed by atoms with Gasteiger partial charge in [0, 0.05) is 29.8 Å². The Morgan fingerprint density at radius 1 is 1.00 bits per heavy atom. The maximum absolute atomic E-state index is 14.4. The molecule has 1 spiro atoms. The molecule has 2 heterocycles. The molecule has 0 aromatic heterocycles. The Balaban J connectivity index is 1.36. The van der Waals surface area contributed by atoms with Gasteiger partial charge in [0.2, 0.25) is 0 Å². The largest absolute Gasteiger partial charge is 0.497 e. The normalized spacial score (nSPS) is 17.3. The van der Waals surface area contributed by atoms with Crippen LogP contribution in [0.3, 0.4) is 0 Å². The van der Waals surface area contributed by atoms with Gasteiger partial charge in [0.05, 0.1) is 7.11 Å². The topological polar surface area (TPSA) is 32.8 Å². The van der Waals surface area contributed by atoms with Gasteiger partial charge in [-0.15, -0.1) is 0 Å². The smallest absolute Gasteiger partial charge is 0.258 e. The number of hydrogen-bond acceptors (Lipinski definition) is 3. The van der Waals surface area contributed by atoms with Crippen molar-refractivity contribution in [3.05, 3.63) is 94.8 Å². The maximum Gasteiger partial charge on any atom is 0.258 e. The summed E-state index contributed by atoms with van der Waals surface area (Å²) in [7, 11) is 1.69. The summed E-state index contributed by atoms with van der Waals surface area (Å²) in [5.41, 5.74) is 4.73. The number of ether oxygens (including phenoxy) is 1. The zero-order valence-corrected chi connectivity index (χ0v) is 21.7. The van der Waals surface area contributed by atoms with Gasteiger partial charge in [-0.3, -0.25) is 9.69 Å². The molecule has 0 N–H and O–H groups in total. The molecule has 0 saturated carbocycles. The van der Waals surface area contributed by atoms with Crippen molar-refractivity contribution in [3.63, 3.8) is 0 Å². The van der Waals surface area contributed by atoms with E-state index in [0.717, 1.165) is 49.5 Å². The molecular formula is C31H35FN2O2. The summed E-state index contributed by atoms with van der Waals surface area (Å²) in [5, 5.41) is 0. The van der Waals surface area contributed by atoms with Crippen molar-refractivity contribution in [2.75, 3.05) is 31.6 Å². The molecule has 36 heavy (non-hydrogen) atoms. The lowest BCUT2D eigenvalue weighted by Gasteiger charge is -2.40. The van der Waals surface area contributed by atoms with Gasteiger partial charge in [-0.1, -0.05) is 45.0 Å². The zero-order chi connectivity index (χ0) is 25.5. The van der Waals surface area contributed by atoms with Crippen molar-refractivity contribution >= 4 is 11.6 Å². The van der Waals surface area contributed by atoms with Crippen LogP contribution in [-0.4, -0.2) is 37.6 Å². The van der Waals surface area contributed by atoms with Crippen LogP contribution in [-0.2, 0) is 17.4 Å². The Hall–Kier alpha value is -3.18. The van der Waals surface area contributed by atoms with Crippen molar-refractivity contribution in [1.82, 2.24) is 4.90 Å². The van der Waals surface area contributed by atoms with Gasteiger partial charge >= 0.3 is 0 Å².